The van der Waals surface area contributed by atoms with E-state index in [1.54, 1.807) is 0 Å². The normalized spacial score (nSPS) is 17.6. The highest BCUT2D eigenvalue weighted by atomic mass is 16.5. The molecule has 1 aromatic rings. The van der Waals surface area contributed by atoms with Gasteiger partial charge in [-0.25, -0.2) is 0 Å². The van der Waals surface area contributed by atoms with Gasteiger partial charge in [0.2, 0.25) is 0 Å². The molecular weight excluding hydrogens is 262 g/mol. The zero-order chi connectivity index (χ0) is 15.0. The Balaban J connectivity index is 1.77. The van der Waals surface area contributed by atoms with Crippen LogP contribution >= 0.6 is 0 Å². The standard InChI is InChI=1S/C18H29NO2/c1-2-12-21-17-8-6-16(7-9-17)13-19-14-18(15-20)10-4-3-5-11-18/h6-9,19-20H,2-5,10-15H2,1H3. The van der Waals surface area contributed by atoms with Crippen LogP contribution in [0.3, 0.4) is 0 Å². The number of aliphatic hydroxyl groups is 1. The van der Waals surface area contributed by atoms with Gasteiger partial charge in [0.1, 0.15) is 5.75 Å². The van der Waals surface area contributed by atoms with E-state index < -0.39 is 0 Å². The number of ether oxygens (including phenoxy) is 1. The van der Waals surface area contributed by atoms with Crippen molar-refractivity contribution >= 4 is 0 Å². The highest BCUT2D eigenvalue weighted by Gasteiger charge is 2.30. The highest BCUT2D eigenvalue weighted by Crippen LogP contribution is 2.35. The lowest BCUT2D eigenvalue weighted by atomic mass is 9.74. The number of hydrogen-bond acceptors (Lipinski definition) is 3. The molecule has 1 aliphatic carbocycles. The fourth-order valence-corrected chi connectivity index (χ4v) is 3.09. The molecule has 0 aromatic heterocycles. The lowest BCUT2D eigenvalue weighted by Gasteiger charge is -2.35. The second kappa shape index (κ2) is 8.40. The number of nitrogens with one attached hydrogen (secondary N) is 1. The summed E-state index contributed by atoms with van der Waals surface area (Å²) < 4.78 is 5.59. The third-order valence-corrected chi connectivity index (χ3v) is 4.47. The molecule has 0 unspecified atom stereocenters. The van der Waals surface area contributed by atoms with Gasteiger partial charge in [-0.3, -0.25) is 0 Å². The first kappa shape index (κ1) is 16.3. The summed E-state index contributed by atoms with van der Waals surface area (Å²) in [4.78, 5) is 0. The first-order chi connectivity index (χ1) is 10.3. The van der Waals surface area contributed by atoms with Crippen LogP contribution in [0.15, 0.2) is 24.3 Å². The predicted molar refractivity (Wildman–Crippen MR) is 86.5 cm³/mol. The summed E-state index contributed by atoms with van der Waals surface area (Å²) >= 11 is 0. The molecule has 2 N–H and O–H groups in total. The van der Waals surface area contributed by atoms with E-state index in [1.165, 1.54) is 24.8 Å². The molecule has 0 spiro atoms. The van der Waals surface area contributed by atoms with Gasteiger partial charge in [-0.1, -0.05) is 38.3 Å². The van der Waals surface area contributed by atoms with E-state index in [4.69, 9.17) is 4.74 Å². The summed E-state index contributed by atoms with van der Waals surface area (Å²) in [5, 5.41) is 13.2. The molecule has 3 heteroatoms. The lowest BCUT2D eigenvalue weighted by molar-refractivity contribution is 0.0810. The average Bonchev–Trinajstić information content (AvgIpc) is 2.55. The van der Waals surface area contributed by atoms with Gasteiger partial charge in [-0.2, -0.15) is 0 Å². The fourth-order valence-electron chi connectivity index (χ4n) is 3.09. The Hall–Kier alpha value is -1.06. The number of hydrogen-bond donors (Lipinski definition) is 2. The molecule has 0 aliphatic heterocycles. The fraction of sp³-hybridized carbons (Fsp3) is 0.667. The Kier molecular flexibility index (Phi) is 6.52. The third-order valence-electron chi connectivity index (χ3n) is 4.47. The van der Waals surface area contributed by atoms with E-state index >= 15 is 0 Å². The monoisotopic (exact) mass is 291 g/mol. The van der Waals surface area contributed by atoms with Gasteiger partial charge >= 0.3 is 0 Å². The molecule has 0 amide bonds. The quantitative estimate of drug-likeness (QED) is 0.770. The Morgan fingerprint density at radius 2 is 1.86 bits per heavy atom. The van der Waals surface area contributed by atoms with Crippen molar-refractivity contribution in [2.75, 3.05) is 19.8 Å². The van der Waals surface area contributed by atoms with Crippen molar-refractivity contribution in [1.82, 2.24) is 5.32 Å². The third kappa shape index (κ3) is 5.01. The Morgan fingerprint density at radius 1 is 1.14 bits per heavy atom. The average molecular weight is 291 g/mol. The van der Waals surface area contributed by atoms with E-state index in [2.05, 4.69) is 24.4 Å². The number of benzene rings is 1. The largest absolute Gasteiger partial charge is 0.494 e. The molecule has 3 nitrogen and oxygen atoms in total. The van der Waals surface area contributed by atoms with Gasteiger partial charge in [0.15, 0.2) is 0 Å². The predicted octanol–water partition coefficient (Wildman–Crippen LogP) is 3.51. The van der Waals surface area contributed by atoms with Crippen LogP contribution in [-0.2, 0) is 6.54 Å². The van der Waals surface area contributed by atoms with Gasteiger partial charge in [-0.05, 0) is 37.0 Å². The van der Waals surface area contributed by atoms with Gasteiger partial charge in [-0.15, -0.1) is 0 Å². The maximum atomic E-state index is 9.70. The van der Waals surface area contributed by atoms with E-state index in [0.717, 1.165) is 44.7 Å². The summed E-state index contributed by atoms with van der Waals surface area (Å²) in [6.07, 6.45) is 7.17. The minimum absolute atomic E-state index is 0.114. The molecular formula is C18H29NO2. The molecule has 1 saturated carbocycles. The van der Waals surface area contributed by atoms with Gasteiger partial charge < -0.3 is 15.2 Å². The van der Waals surface area contributed by atoms with Crippen molar-refractivity contribution in [1.29, 1.82) is 0 Å². The van der Waals surface area contributed by atoms with Gasteiger partial charge in [0, 0.05) is 25.1 Å². The topological polar surface area (TPSA) is 41.5 Å². The molecule has 1 fully saturated rings. The van der Waals surface area contributed by atoms with Crippen molar-refractivity contribution < 1.29 is 9.84 Å². The van der Waals surface area contributed by atoms with Crippen molar-refractivity contribution in [2.45, 2.75) is 52.0 Å². The van der Waals surface area contributed by atoms with Crippen LogP contribution in [-0.4, -0.2) is 24.9 Å². The maximum absolute atomic E-state index is 9.70. The Morgan fingerprint density at radius 3 is 2.48 bits per heavy atom. The molecule has 118 valence electrons. The van der Waals surface area contributed by atoms with Crippen LogP contribution in [0.4, 0.5) is 0 Å². The minimum Gasteiger partial charge on any atom is -0.494 e. The molecule has 2 rings (SSSR count). The molecule has 0 saturated heterocycles. The first-order valence-corrected chi connectivity index (χ1v) is 8.31. The lowest BCUT2D eigenvalue weighted by Crippen LogP contribution is -2.38. The van der Waals surface area contributed by atoms with E-state index in [1.807, 2.05) is 12.1 Å². The van der Waals surface area contributed by atoms with Gasteiger partial charge in [0.25, 0.3) is 0 Å². The van der Waals surface area contributed by atoms with Crippen LogP contribution in [0.2, 0.25) is 0 Å². The maximum Gasteiger partial charge on any atom is 0.119 e. The smallest absolute Gasteiger partial charge is 0.119 e. The summed E-state index contributed by atoms with van der Waals surface area (Å²) in [5.74, 6) is 0.944. The zero-order valence-corrected chi connectivity index (χ0v) is 13.2. The van der Waals surface area contributed by atoms with Crippen molar-refractivity contribution in [3.8, 4) is 5.75 Å². The van der Waals surface area contributed by atoms with Crippen molar-refractivity contribution in [3.05, 3.63) is 29.8 Å². The number of aliphatic hydroxyl groups excluding tert-OH is 1. The summed E-state index contributed by atoms with van der Waals surface area (Å²) in [5.41, 5.74) is 1.38. The molecule has 0 atom stereocenters. The van der Waals surface area contributed by atoms with Gasteiger partial charge in [0.05, 0.1) is 6.61 Å². The molecule has 1 aromatic carbocycles. The second-order valence-corrected chi connectivity index (χ2v) is 6.31. The Labute approximate surface area is 128 Å². The van der Waals surface area contributed by atoms with Crippen LogP contribution in [0, 0.1) is 5.41 Å². The summed E-state index contributed by atoms with van der Waals surface area (Å²) in [6.45, 7) is 4.97. The Bertz CT molecular complexity index is 396. The summed E-state index contributed by atoms with van der Waals surface area (Å²) in [7, 11) is 0. The van der Waals surface area contributed by atoms with Crippen LogP contribution in [0.5, 0.6) is 5.75 Å². The second-order valence-electron chi connectivity index (χ2n) is 6.31. The van der Waals surface area contributed by atoms with E-state index in [0.29, 0.717) is 6.61 Å². The first-order valence-electron chi connectivity index (χ1n) is 8.31. The van der Waals surface area contributed by atoms with E-state index in [-0.39, 0.29) is 5.41 Å². The molecule has 21 heavy (non-hydrogen) atoms. The minimum atomic E-state index is 0.114. The molecule has 0 bridgehead atoms. The SMILES string of the molecule is CCCOc1ccc(CNCC2(CO)CCCCC2)cc1. The summed E-state index contributed by atoms with van der Waals surface area (Å²) in [6, 6.07) is 8.30. The van der Waals surface area contributed by atoms with Crippen LogP contribution in [0.1, 0.15) is 51.0 Å². The van der Waals surface area contributed by atoms with E-state index in [9.17, 15) is 5.11 Å². The van der Waals surface area contributed by atoms with Crippen LogP contribution in [0.25, 0.3) is 0 Å². The van der Waals surface area contributed by atoms with Crippen molar-refractivity contribution in [3.63, 3.8) is 0 Å². The zero-order valence-electron chi connectivity index (χ0n) is 13.2. The number of rotatable bonds is 8. The van der Waals surface area contributed by atoms with Crippen molar-refractivity contribution in [2.24, 2.45) is 5.41 Å². The molecule has 0 heterocycles. The highest BCUT2D eigenvalue weighted by molar-refractivity contribution is 5.27. The molecule has 0 radical (unpaired) electrons. The van der Waals surface area contributed by atoms with Crippen LogP contribution < -0.4 is 10.1 Å². The molecule has 1 aliphatic rings.